The van der Waals surface area contributed by atoms with Crippen LogP contribution in [0.25, 0.3) is 0 Å². The van der Waals surface area contributed by atoms with Crippen molar-refractivity contribution < 1.29 is 4.39 Å². The first-order chi connectivity index (χ1) is 9.64. The van der Waals surface area contributed by atoms with E-state index in [0.717, 1.165) is 19.4 Å². The Balaban J connectivity index is 2.94. The van der Waals surface area contributed by atoms with Crippen molar-refractivity contribution in [1.82, 2.24) is 5.32 Å². The lowest BCUT2D eigenvalue weighted by molar-refractivity contribution is 0.275. The maximum Gasteiger partial charge on any atom is 0.129 e. The predicted molar refractivity (Wildman–Crippen MR) is 93.4 cm³/mol. The van der Waals surface area contributed by atoms with Crippen molar-refractivity contribution >= 4 is 27.5 Å². The van der Waals surface area contributed by atoms with Gasteiger partial charge in [0.25, 0.3) is 0 Å². The molecule has 0 bridgehead atoms. The Kier molecular flexibility index (Phi) is 7.15. The average Bonchev–Trinajstić information content (AvgIpc) is 2.31. The third kappa shape index (κ3) is 6.25. The number of nitrogens with one attached hydrogen (secondary N) is 1. The summed E-state index contributed by atoms with van der Waals surface area (Å²) in [4.78, 5) is 0. The summed E-state index contributed by atoms with van der Waals surface area (Å²) in [6, 6.07) is 3.19. The van der Waals surface area contributed by atoms with Crippen LogP contribution in [0.3, 0.4) is 0 Å². The highest BCUT2D eigenvalue weighted by molar-refractivity contribution is 9.10. The van der Waals surface area contributed by atoms with Crippen molar-refractivity contribution in [3.8, 4) is 0 Å². The molecular weight excluding hydrogens is 353 g/mol. The molecule has 0 fully saturated rings. The molecule has 0 heterocycles. The fourth-order valence-electron chi connectivity index (χ4n) is 2.90. The van der Waals surface area contributed by atoms with Crippen LogP contribution in [0.5, 0.6) is 0 Å². The lowest BCUT2D eigenvalue weighted by Crippen LogP contribution is -2.25. The molecule has 1 rings (SSSR count). The van der Waals surface area contributed by atoms with Gasteiger partial charge < -0.3 is 5.32 Å². The molecule has 0 aromatic heterocycles. The van der Waals surface area contributed by atoms with E-state index < -0.39 is 0 Å². The summed E-state index contributed by atoms with van der Waals surface area (Å²) in [6.07, 6.45) is 2.01. The van der Waals surface area contributed by atoms with Crippen molar-refractivity contribution in [2.24, 2.45) is 11.3 Å². The SMILES string of the molecule is CCNC(CC(C)CC(C)(C)C)c1cc(Cl)c(Br)cc1F. The van der Waals surface area contributed by atoms with Gasteiger partial charge in [-0.25, -0.2) is 4.39 Å². The molecule has 0 saturated carbocycles. The molecule has 0 aliphatic carbocycles. The van der Waals surface area contributed by atoms with Crippen molar-refractivity contribution in [2.45, 2.75) is 53.5 Å². The van der Waals surface area contributed by atoms with Crippen LogP contribution in [0, 0.1) is 17.2 Å². The van der Waals surface area contributed by atoms with Gasteiger partial charge in [-0.3, -0.25) is 0 Å². The molecule has 0 saturated heterocycles. The van der Waals surface area contributed by atoms with Gasteiger partial charge in [-0.15, -0.1) is 0 Å². The van der Waals surface area contributed by atoms with Gasteiger partial charge in [0.15, 0.2) is 0 Å². The summed E-state index contributed by atoms with van der Waals surface area (Å²) in [5.74, 6) is 0.302. The maximum atomic E-state index is 14.3. The lowest BCUT2D eigenvalue weighted by Gasteiger charge is -2.27. The zero-order chi connectivity index (χ0) is 16.2. The van der Waals surface area contributed by atoms with Crippen LogP contribution in [0.2, 0.25) is 5.02 Å². The summed E-state index contributed by atoms with van der Waals surface area (Å²) < 4.78 is 14.9. The summed E-state index contributed by atoms with van der Waals surface area (Å²) in [6.45, 7) is 11.8. The molecule has 2 atom stereocenters. The van der Waals surface area contributed by atoms with E-state index >= 15 is 0 Å². The van der Waals surface area contributed by atoms with Crippen LogP contribution in [0.15, 0.2) is 16.6 Å². The van der Waals surface area contributed by atoms with Crippen LogP contribution in [0.4, 0.5) is 4.39 Å². The van der Waals surface area contributed by atoms with Gasteiger partial charge >= 0.3 is 0 Å². The van der Waals surface area contributed by atoms with Crippen molar-refractivity contribution in [3.05, 3.63) is 33.0 Å². The van der Waals surface area contributed by atoms with Crippen LogP contribution in [-0.4, -0.2) is 6.54 Å². The summed E-state index contributed by atoms with van der Waals surface area (Å²) in [7, 11) is 0. The lowest BCUT2D eigenvalue weighted by atomic mass is 9.82. The molecule has 2 unspecified atom stereocenters. The van der Waals surface area contributed by atoms with E-state index in [9.17, 15) is 4.39 Å². The van der Waals surface area contributed by atoms with Crippen LogP contribution < -0.4 is 5.32 Å². The fourth-order valence-corrected chi connectivity index (χ4v) is 3.39. The first kappa shape index (κ1) is 18.9. The second-order valence-electron chi connectivity index (χ2n) is 7.00. The van der Waals surface area contributed by atoms with Crippen molar-refractivity contribution in [1.29, 1.82) is 0 Å². The fraction of sp³-hybridized carbons (Fsp3) is 0.647. The zero-order valence-corrected chi connectivity index (χ0v) is 15.9. The molecule has 0 amide bonds. The zero-order valence-electron chi connectivity index (χ0n) is 13.6. The second kappa shape index (κ2) is 7.94. The Bertz CT molecular complexity index is 471. The van der Waals surface area contributed by atoms with E-state index in [0.29, 0.717) is 21.0 Å². The molecule has 1 aromatic carbocycles. The van der Waals surface area contributed by atoms with Crippen molar-refractivity contribution in [2.75, 3.05) is 6.54 Å². The first-order valence-electron chi connectivity index (χ1n) is 7.52. The highest BCUT2D eigenvalue weighted by Gasteiger charge is 2.22. The van der Waals surface area contributed by atoms with Crippen LogP contribution in [0.1, 0.15) is 59.1 Å². The largest absolute Gasteiger partial charge is 0.310 e. The monoisotopic (exact) mass is 377 g/mol. The Morgan fingerprint density at radius 1 is 1.33 bits per heavy atom. The third-order valence-corrected chi connectivity index (χ3v) is 4.66. The molecule has 1 nitrogen and oxygen atoms in total. The predicted octanol–water partition coefficient (Wildman–Crippen LogP) is 6.35. The standard InChI is InChI=1S/C17H26BrClFN/c1-6-21-16(7-11(2)10-17(3,4)5)12-8-14(19)13(18)9-15(12)20/h8-9,11,16,21H,6-7,10H2,1-5H3. The van der Waals surface area contributed by atoms with Gasteiger partial charge in [0, 0.05) is 16.1 Å². The molecular formula is C17H26BrClFN. The van der Waals surface area contributed by atoms with E-state index in [2.05, 4.69) is 48.9 Å². The van der Waals surface area contributed by atoms with Gasteiger partial charge in [0.05, 0.1) is 5.02 Å². The van der Waals surface area contributed by atoms with E-state index in [4.69, 9.17) is 11.6 Å². The van der Waals surface area contributed by atoms with E-state index in [1.807, 2.05) is 6.92 Å². The van der Waals surface area contributed by atoms with Crippen LogP contribution >= 0.6 is 27.5 Å². The molecule has 0 spiro atoms. The molecule has 1 aromatic rings. The number of halogens is 3. The van der Waals surface area contributed by atoms with E-state index in [-0.39, 0.29) is 17.3 Å². The first-order valence-corrected chi connectivity index (χ1v) is 8.69. The molecule has 1 N–H and O–H groups in total. The smallest absolute Gasteiger partial charge is 0.129 e. The Morgan fingerprint density at radius 2 is 1.95 bits per heavy atom. The minimum Gasteiger partial charge on any atom is -0.310 e. The minimum absolute atomic E-state index is 0.00190. The molecule has 0 aliphatic rings. The minimum atomic E-state index is -0.208. The molecule has 0 radical (unpaired) electrons. The quantitative estimate of drug-likeness (QED) is 0.568. The average molecular weight is 379 g/mol. The number of rotatable bonds is 6. The highest BCUT2D eigenvalue weighted by Crippen LogP contribution is 2.34. The third-order valence-electron chi connectivity index (χ3n) is 3.46. The van der Waals surface area contributed by atoms with Gasteiger partial charge in [0.1, 0.15) is 5.82 Å². The van der Waals surface area contributed by atoms with E-state index in [1.165, 1.54) is 6.07 Å². The van der Waals surface area contributed by atoms with Gasteiger partial charge in [-0.1, -0.05) is 46.2 Å². The molecule has 4 heteroatoms. The maximum absolute atomic E-state index is 14.3. The second-order valence-corrected chi connectivity index (χ2v) is 8.27. The normalized spacial score (nSPS) is 15.0. The Labute approximate surface area is 141 Å². The van der Waals surface area contributed by atoms with Gasteiger partial charge in [-0.05, 0) is 58.8 Å². The number of hydrogen-bond acceptors (Lipinski definition) is 1. The summed E-state index contributed by atoms with van der Waals surface area (Å²) in [5.41, 5.74) is 0.942. The Hall–Kier alpha value is -0.120. The van der Waals surface area contributed by atoms with Gasteiger partial charge in [0.2, 0.25) is 0 Å². The van der Waals surface area contributed by atoms with E-state index in [1.54, 1.807) is 6.07 Å². The molecule has 120 valence electrons. The topological polar surface area (TPSA) is 12.0 Å². The number of hydrogen-bond donors (Lipinski definition) is 1. The highest BCUT2D eigenvalue weighted by atomic mass is 79.9. The summed E-state index contributed by atoms with van der Waals surface area (Å²) in [5, 5.41) is 3.94. The Morgan fingerprint density at radius 3 is 2.48 bits per heavy atom. The van der Waals surface area contributed by atoms with Crippen molar-refractivity contribution in [3.63, 3.8) is 0 Å². The molecule has 21 heavy (non-hydrogen) atoms. The summed E-state index contributed by atoms with van der Waals surface area (Å²) >= 11 is 9.40. The van der Waals surface area contributed by atoms with Crippen LogP contribution in [-0.2, 0) is 0 Å². The molecule has 0 aliphatic heterocycles. The number of benzene rings is 1. The van der Waals surface area contributed by atoms with Gasteiger partial charge in [-0.2, -0.15) is 0 Å².